The van der Waals surface area contributed by atoms with Gasteiger partial charge in [-0.3, -0.25) is 5.32 Å². The monoisotopic (exact) mass is 516 g/mol. The molecule has 1 amide bonds. The summed E-state index contributed by atoms with van der Waals surface area (Å²) in [6.07, 6.45) is 5.87. The number of amides is 1. The van der Waals surface area contributed by atoms with Gasteiger partial charge in [0.15, 0.2) is 0 Å². The van der Waals surface area contributed by atoms with E-state index in [1.54, 1.807) is 37.6 Å². The average molecular weight is 517 g/mol. The summed E-state index contributed by atoms with van der Waals surface area (Å²) >= 11 is 0. The predicted molar refractivity (Wildman–Crippen MR) is 145 cm³/mol. The lowest BCUT2D eigenvalue weighted by atomic mass is 10.0. The van der Waals surface area contributed by atoms with Gasteiger partial charge in [0.2, 0.25) is 5.95 Å². The van der Waals surface area contributed by atoms with Crippen molar-refractivity contribution in [2.75, 3.05) is 5.32 Å². The molecule has 4 rings (SSSR count). The van der Waals surface area contributed by atoms with Crippen molar-refractivity contribution in [3.63, 3.8) is 0 Å². The van der Waals surface area contributed by atoms with Gasteiger partial charge in [0.1, 0.15) is 11.3 Å². The zero-order valence-corrected chi connectivity index (χ0v) is 22.0. The minimum Gasteiger partial charge on any atom is -0.464 e. The lowest BCUT2D eigenvalue weighted by Gasteiger charge is -2.19. The highest BCUT2D eigenvalue weighted by Crippen LogP contribution is 2.26. The van der Waals surface area contributed by atoms with E-state index in [1.807, 2.05) is 18.3 Å². The zero-order chi connectivity index (χ0) is 27.3. The molecule has 0 aliphatic heterocycles. The Bertz CT molecular complexity index is 1400. The highest BCUT2D eigenvalue weighted by atomic mass is 16.6. The molecule has 10 nitrogen and oxygen atoms in total. The predicted octanol–water partition coefficient (Wildman–Crippen LogP) is 6.40. The van der Waals surface area contributed by atoms with Gasteiger partial charge in [-0.05, 0) is 51.3 Å². The van der Waals surface area contributed by atoms with Crippen LogP contribution in [0, 0.1) is 0 Å². The molecule has 0 atom stereocenters. The number of nitrogens with one attached hydrogen (secondary N) is 1. The molecular weight excluding hydrogens is 484 g/mol. The van der Waals surface area contributed by atoms with Gasteiger partial charge in [-0.15, -0.1) is 5.10 Å². The Hall–Kier alpha value is -4.47. The van der Waals surface area contributed by atoms with Crippen LogP contribution in [0.1, 0.15) is 52.5 Å². The molecule has 4 aromatic rings. The molecule has 10 heteroatoms. The van der Waals surface area contributed by atoms with Crippen LogP contribution in [0.5, 0.6) is 0 Å². The third-order valence-corrected chi connectivity index (χ3v) is 5.81. The first kappa shape index (κ1) is 26.6. The second-order valence-corrected chi connectivity index (χ2v) is 9.96. The van der Waals surface area contributed by atoms with Crippen molar-refractivity contribution in [3.05, 3.63) is 66.5 Å². The van der Waals surface area contributed by atoms with E-state index in [2.05, 4.69) is 51.8 Å². The molecule has 2 aromatic carbocycles. The van der Waals surface area contributed by atoms with Crippen LogP contribution in [0.25, 0.3) is 28.2 Å². The topological polar surface area (TPSA) is 124 Å². The third-order valence-electron chi connectivity index (χ3n) is 5.81. The number of carbonyl (C=O) groups is 2. The van der Waals surface area contributed by atoms with E-state index < -0.39 is 17.8 Å². The van der Waals surface area contributed by atoms with Gasteiger partial charge in [-0.25, -0.2) is 23.8 Å². The van der Waals surface area contributed by atoms with Gasteiger partial charge < -0.3 is 9.84 Å². The van der Waals surface area contributed by atoms with Crippen LogP contribution in [0.4, 0.5) is 15.5 Å². The molecule has 0 unspecified atom stereocenters. The number of aromatic nitrogens is 5. The molecule has 0 saturated heterocycles. The Morgan fingerprint density at radius 3 is 2.32 bits per heavy atom. The fourth-order valence-corrected chi connectivity index (χ4v) is 3.96. The van der Waals surface area contributed by atoms with Crippen molar-refractivity contribution in [1.82, 2.24) is 24.5 Å². The summed E-state index contributed by atoms with van der Waals surface area (Å²) in [7, 11) is 0. The molecule has 198 valence electrons. The normalized spacial score (nSPS) is 11.4. The molecule has 0 fully saturated rings. The van der Waals surface area contributed by atoms with E-state index in [4.69, 9.17) is 4.74 Å². The Morgan fingerprint density at radius 1 is 1.00 bits per heavy atom. The smallest absolute Gasteiger partial charge is 0.418 e. The summed E-state index contributed by atoms with van der Waals surface area (Å²) < 4.78 is 7.77. The van der Waals surface area contributed by atoms with Crippen LogP contribution < -0.4 is 5.32 Å². The fraction of sp³-hybridized carbons (Fsp3) is 0.321. The molecule has 0 aliphatic carbocycles. The number of hydrogen-bond acceptors (Lipinski definition) is 6. The maximum Gasteiger partial charge on any atom is 0.418 e. The van der Waals surface area contributed by atoms with E-state index in [-0.39, 0.29) is 5.95 Å². The number of anilines is 1. The summed E-state index contributed by atoms with van der Waals surface area (Å²) in [5.74, 6) is -0.150. The molecular formula is C28H32N6O4. The van der Waals surface area contributed by atoms with Crippen molar-refractivity contribution in [2.24, 2.45) is 0 Å². The van der Waals surface area contributed by atoms with Gasteiger partial charge >= 0.3 is 12.2 Å². The maximum absolute atomic E-state index is 12.1. The van der Waals surface area contributed by atoms with Crippen LogP contribution in [0.15, 0.2) is 60.9 Å². The van der Waals surface area contributed by atoms with Gasteiger partial charge in [0.25, 0.3) is 0 Å². The number of hydrogen-bond donors (Lipinski definition) is 2. The van der Waals surface area contributed by atoms with Crippen LogP contribution in [0.2, 0.25) is 0 Å². The SMILES string of the molecule is CCCCCc1ccc(-c2cn(-c3ccc(-c4cnc(NC(=O)OC(C)(C)C)n4C(=O)O)cc3)nn2)cc1. The molecule has 0 spiro atoms. The molecule has 2 N–H and O–H groups in total. The summed E-state index contributed by atoms with van der Waals surface area (Å²) in [6, 6.07) is 15.5. The summed E-state index contributed by atoms with van der Waals surface area (Å²) in [5.41, 5.74) is 3.99. The number of aryl methyl sites for hydroxylation is 1. The van der Waals surface area contributed by atoms with Gasteiger partial charge in [0.05, 0.1) is 23.8 Å². The maximum atomic E-state index is 12.1. The summed E-state index contributed by atoms with van der Waals surface area (Å²) in [5, 5.41) is 20.7. The third kappa shape index (κ3) is 6.44. The molecule has 2 heterocycles. The second kappa shape index (κ2) is 11.3. The Kier molecular flexibility index (Phi) is 7.90. The molecule has 0 radical (unpaired) electrons. The standard InChI is InChI=1S/C28H32N6O4/c1-5-6-7-8-19-9-11-20(12-10-19)23-18-33(32-31-23)22-15-13-21(14-16-22)24-17-29-25(34(24)27(36)37)30-26(35)38-28(2,3)4/h9-18H,5-8H2,1-4H3,(H,36,37)(H,29,30,35). The molecule has 0 saturated carbocycles. The minimum absolute atomic E-state index is 0.150. The largest absolute Gasteiger partial charge is 0.464 e. The van der Waals surface area contributed by atoms with Crippen LogP contribution in [0.3, 0.4) is 0 Å². The first-order valence-corrected chi connectivity index (χ1v) is 12.6. The summed E-state index contributed by atoms with van der Waals surface area (Å²) in [4.78, 5) is 28.2. The van der Waals surface area contributed by atoms with Gasteiger partial charge in [-0.2, -0.15) is 0 Å². The van der Waals surface area contributed by atoms with Crippen molar-refractivity contribution in [3.8, 4) is 28.2 Å². The lowest BCUT2D eigenvalue weighted by molar-refractivity contribution is 0.0634. The number of carboxylic acid groups (broad SMARTS) is 1. The van der Waals surface area contributed by atoms with Crippen molar-refractivity contribution >= 4 is 18.1 Å². The Labute approximate surface area is 221 Å². The molecule has 0 aliphatic rings. The highest BCUT2D eigenvalue weighted by Gasteiger charge is 2.22. The van der Waals surface area contributed by atoms with E-state index in [0.29, 0.717) is 11.3 Å². The Balaban J connectivity index is 1.50. The Morgan fingerprint density at radius 2 is 1.68 bits per heavy atom. The number of ether oxygens (including phenoxy) is 1. The number of unbranched alkanes of at least 4 members (excludes halogenated alkanes) is 2. The lowest BCUT2D eigenvalue weighted by Crippen LogP contribution is -2.28. The van der Waals surface area contributed by atoms with Crippen molar-refractivity contribution < 1.29 is 19.4 Å². The van der Waals surface area contributed by atoms with Crippen molar-refractivity contribution in [2.45, 2.75) is 59.0 Å². The first-order chi connectivity index (χ1) is 18.1. The van der Waals surface area contributed by atoms with E-state index in [1.165, 1.54) is 31.0 Å². The highest BCUT2D eigenvalue weighted by molar-refractivity contribution is 5.88. The zero-order valence-electron chi connectivity index (χ0n) is 22.0. The quantitative estimate of drug-likeness (QED) is 0.260. The molecule has 0 bridgehead atoms. The van der Waals surface area contributed by atoms with Crippen LogP contribution in [-0.4, -0.2) is 47.4 Å². The minimum atomic E-state index is -1.29. The molecule has 2 aromatic heterocycles. The fourth-order valence-electron chi connectivity index (χ4n) is 3.96. The van der Waals surface area contributed by atoms with Gasteiger partial charge in [0, 0.05) is 11.1 Å². The number of rotatable bonds is 8. The summed E-state index contributed by atoms with van der Waals surface area (Å²) in [6.45, 7) is 7.35. The number of nitrogens with zero attached hydrogens (tertiary/aromatic N) is 5. The van der Waals surface area contributed by atoms with E-state index >= 15 is 0 Å². The van der Waals surface area contributed by atoms with Gasteiger partial charge in [-0.1, -0.05) is 61.4 Å². The number of carbonyl (C=O) groups excluding carboxylic acids is 1. The van der Waals surface area contributed by atoms with E-state index in [9.17, 15) is 14.7 Å². The molecule has 38 heavy (non-hydrogen) atoms. The first-order valence-electron chi connectivity index (χ1n) is 12.6. The van der Waals surface area contributed by atoms with Crippen LogP contribution in [-0.2, 0) is 11.2 Å². The van der Waals surface area contributed by atoms with Crippen molar-refractivity contribution in [1.29, 1.82) is 0 Å². The van der Waals surface area contributed by atoms with Crippen LogP contribution >= 0.6 is 0 Å². The number of benzene rings is 2. The second-order valence-electron chi connectivity index (χ2n) is 9.96. The average Bonchev–Trinajstić information content (AvgIpc) is 3.51. The number of imidazole rings is 1. The van der Waals surface area contributed by atoms with E-state index in [0.717, 1.165) is 27.9 Å².